The van der Waals surface area contributed by atoms with Gasteiger partial charge in [0.2, 0.25) is 11.9 Å². The molecule has 0 aliphatic heterocycles. The Balaban J connectivity index is 1.83. The number of para-hydroxylation sites is 2. The second-order valence-corrected chi connectivity index (χ2v) is 4.54. The molecule has 1 amide bonds. The highest BCUT2D eigenvalue weighted by Gasteiger charge is 2.48. The van der Waals surface area contributed by atoms with Crippen LogP contribution in [-0.2, 0) is 4.79 Å². The summed E-state index contributed by atoms with van der Waals surface area (Å²) in [5, 5.41) is 2.80. The second kappa shape index (κ2) is 3.56. The van der Waals surface area contributed by atoms with Gasteiger partial charge in [0.25, 0.3) is 0 Å². The van der Waals surface area contributed by atoms with Gasteiger partial charge in [0, 0.05) is 6.54 Å². The molecule has 1 saturated carbocycles. The molecule has 1 aliphatic carbocycles. The summed E-state index contributed by atoms with van der Waals surface area (Å²) in [6.45, 7) is 0.402. The Morgan fingerprint density at radius 2 is 2.24 bits per heavy atom. The normalized spacial score (nSPS) is 17.0. The Morgan fingerprint density at radius 1 is 1.47 bits per heavy atom. The number of nitrogens with zero attached hydrogens (tertiary/aromatic N) is 1. The number of benzene rings is 1. The minimum atomic E-state index is -0.348. The van der Waals surface area contributed by atoms with Crippen LogP contribution in [0, 0.1) is 5.41 Å². The van der Waals surface area contributed by atoms with Gasteiger partial charge in [-0.2, -0.15) is 0 Å². The molecule has 17 heavy (non-hydrogen) atoms. The van der Waals surface area contributed by atoms with Crippen LogP contribution < -0.4 is 11.1 Å². The summed E-state index contributed by atoms with van der Waals surface area (Å²) in [4.78, 5) is 19.3. The van der Waals surface area contributed by atoms with Crippen LogP contribution in [0.2, 0.25) is 0 Å². The monoisotopic (exact) mass is 230 g/mol. The highest BCUT2D eigenvalue weighted by molar-refractivity contribution is 5.97. The molecule has 5 nitrogen and oxygen atoms in total. The van der Waals surface area contributed by atoms with Crippen LogP contribution in [0.4, 0.5) is 5.95 Å². The van der Waals surface area contributed by atoms with Crippen molar-refractivity contribution in [3.8, 4) is 0 Å². The lowest BCUT2D eigenvalue weighted by atomic mass is 10.1. The molecule has 4 N–H and O–H groups in total. The van der Waals surface area contributed by atoms with E-state index in [1.807, 2.05) is 24.3 Å². The highest BCUT2D eigenvalue weighted by atomic mass is 16.2. The van der Waals surface area contributed by atoms with E-state index in [1.165, 1.54) is 0 Å². The summed E-state index contributed by atoms with van der Waals surface area (Å²) in [6.07, 6.45) is 1.74. The Morgan fingerprint density at radius 3 is 2.88 bits per heavy atom. The van der Waals surface area contributed by atoms with Crippen LogP contribution in [-0.4, -0.2) is 22.4 Å². The maximum atomic E-state index is 12.0. The summed E-state index contributed by atoms with van der Waals surface area (Å²) in [5.74, 6) is 0.468. The van der Waals surface area contributed by atoms with Gasteiger partial charge in [0.1, 0.15) is 0 Å². The molecule has 5 heteroatoms. The first kappa shape index (κ1) is 10.3. The average molecular weight is 230 g/mol. The largest absolute Gasteiger partial charge is 0.329 e. The van der Waals surface area contributed by atoms with Gasteiger partial charge in [-0.25, -0.2) is 4.98 Å². The molecular weight excluding hydrogens is 216 g/mol. The predicted octanol–water partition coefficient (Wildman–Crippen LogP) is 1.24. The minimum absolute atomic E-state index is 0.0287. The fraction of sp³-hybridized carbons (Fsp3) is 0.333. The van der Waals surface area contributed by atoms with Gasteiger partial charge in [0.15, 0.2) is 0 Å². The Kier molecular flexibility index (Phi) is 2.16. The van der Waals surface area contributed by atoms with Gasteiger partial charge >= 0.3 is 0 Å². The Labute approximate surface area is 98.4 Å². The number of fused-ring (bicyclic) bond motifs is 1. The number of aromatic nitrogens is 2. The Bertz CT molecular complexity index is 538. The van der Waals surface area contributed by atoms with Crippen molar-refractivity contribution in [3.63, 3.8) is 0 Å². The minimum Gasteiger partial charge on any atom is -0.329 e. The zero-order valence-corrected chi connectivity index (χ0v) is 9.36. The number of hydrogen-bond acceptors (Lipinski definition) is 3. The summed E-state index contributed by atoms with van der Waals surface area (Å²) in [7, 11) is 0. The maximum Gasteiger partial charge on any atom is 0.234 e. The van der Waals surface area contributed by atoms with Crippen molar-refractivity contribution in [3.05, 3.63) is 24.3 Å². The van der Waals surface area contributed by atoms with E-state index in [1.54, 1.807) is 0 Å². The lowest BCUT2D eigenvalue weighted by Gasteiger charge is -2.10. The maximum absolute atomic E-state index is 12.0. The molecule has 0 unspecified atom stereocenters. The van der Waals surface area contributed by atoms with E-state index in [9.17, 15) is 4.79 Å². The topological polar surface area (TPSA) is 83.8 Å². The summed E-state index contributed by atoms with van der Waals surface area (Å²) >= 11 is 0. The second-order valence-electron chi connectivity index (χ2n) is 4.54. The third-order valence-corrected chi connectivity index (χ3v) is 3.35. The van der Waals surface area contributed by atoms with Crippen LogP contribution in [0.3, 0.4) is 0 Å². The smallest absolute Gasteiger partial charge is 0.234 e. The third kappa shape index (κ3) is 1.68. The predicted molar refractivity (Wildman–Crippen MR) is 65.4 cm³/mol. The quantitative estimate of drug-likeness (QED) is 0.741. The van der Waals surface area contributed by atoms with Crippen molar-refractivity contribution in [2.75, 3.05) is 11.9 Å². The average Bonchev–Trinajstić information content (AvgIpc) is 3.04. The molecule has 88 valence electrons. The van der Waals surface area contributed by atoms with Crippen molar-refractivity contribution in [1.29, 1.82) is 0 Å². The first-order valence-corrected chi connectivity index (χ1v) is 5.70. The first-order valence-electron chi connectivity index (χ1n) is 5.70. The Hall–Kier alpha value is -1.88. The number of hydrogen-bond donors (Lipinski definition) is 3. The van der Waals surface area contributed by atoms with Crippen LogP contribution >= 0.6 is 0 Å². The van der Waals surface area contributed by atoms with Gasteiger partial charge in [-0.3, -0.25) is 10.1 Å². The number of rotatable bonds is 3. The molecular formula is C12H14N4O. The van der Waals surface area contributed by atoms with Gasteiger partial charge in [-0.1, -0.05) is 12.1 Å². The molecule has 3 rings (SSSR count). The SMILES string of the molecule is NCC1(C(=O)Nc2nc3ccccc3[nH]2)CC1. The van der Waals surface area contributed by atoms with Crippen LogP contribution in [0.1, 0.15) is 12.8 Å². The molecule has 2 aromatic rings. The molecule has 0 atom stereocenters. The van der Waals surface area contributed by atoms with Crippen molar-refractivity contribution >= 4 is 22.9 Å². The van der Waals surface area contributed by atoms with E-state index in [0.29, 0.717) is 12.5 Å². The number of carbonyl (C=O) groups is 1. The molecule has 1 aromatic carbocycles. The molecule has 1 heterocycles. The summed E-state index contributed by atoms with van der Waals surface area (Å²) in [5.41, 5.74) is 7.02. The van der Waals surface area contributed by atoms with E-state index >= 15 is 0 Å². The van der Waals surface area contributed by atoms with E-state index in [0.717, 1.165) is 23.9 Å². The van der Waals surface area contributed by atoms with E-state index in [-0.39, 0.29) is 11.3 Å². The van der Waals surface area contributed by atoms with E-state index < -0.39 is 0 Å². The first-order chi connectivity index (χ1) is 8.23. The number of H-pyrrole nitrogens is 1. The lowest BCUT2D eigenvalue weighted by molar-refractivity contribution is -0.120. The van der Waals surface area contributed by atoms with Crippen LogP contribution in [0.15, 0.2) is 24.3 Å². The summed E-state index contributed by atoms with van der Waals surface area (Å²) in [6, 6.07) is 7.66. The van der Waals surface area contributed by atoms with Gasteiger partial charge < -0.3 is 10.7 Å². The number of anilines is 1. The highest BCUT2D eigenvalue weighted by Crippen LogP contribution is 2.45. The molecule has 0 saturated heterocycles. The van der Waals surface area contributed by atoms with E-state index in [2.05, 4.69) is 15.3 Å². The zero-order chi connectivity index (χ0) is 11.9. The number of carbonyl (C=O) groups excluding carboxylic acids is 1. The fourth-order valence-corrected chi connectivity index (χ4v) is 1.93. The van der Waals surface area contributed by atoms with Crippen LogP contribution in [0.25, 0.3) is 11.0 Å². The molecule has 0 bridgehead atoms. The van der Waals surface area contributed by atoms with E-state index in [4.69, 9.17) is 5.73 Å². The zero-order valence-electron chi connectivity index (χ0n) is 9.36. The number of nitrogens with one attached hydrogen (secondary N) is 2. The standard InChI is InChI=1S/C12H14N4O/c13-7-12(5-6-12)10(17)16-11-14-8-3-1-2-4-9(8)15-11/h1-4H,5-7,13H2,(H2,14,15,16,17). The van der Waals surface area contributed by atoms with Crippen molar-refractivity contribution in [2.24, 2.45) is 11.1 Å². The molecule has 1 fully saturated rings. The van der Waals surface area contributed by atoms with Crippen molar-refractivity contribution < 1.29 is 4.79 Å². The van der Waals surface area contributed by atoms with Gasteiger partial charge in [0.05, 0.1) is 16.4 Å². The van der Waals surface area contributed by atoms with Gasteiger partial charge in [-0.15, -0.1) is 0 Å². The van der Waals surface area contributed by atoms with Crippen molar-refractivity contribution in [1.82, 2.24) is 9.97 Å². The number of nitrogens with two attached hydrogens (primary N) is 1. The van der Waals surface area contributed by atoms with Crippen LogP contribution in [0.5, 0.6) is 0 Å². The molecule has 1 aromatic heterocycles. The lowest BCUT2D eigenvalue weighted by Crippen LogP contribution is -2.31. The number of aromatic amines is 1. The summed E-state index contributed by atoms with van der Waals surface area (Å²) < 4.78 is 0. The number of amides is 1. The molecule has 0 spiro atoms. The third-order valence-electron chi connectivity index (χ3n) is 3.35. The van der Waals surface area contributed by atoms with Crippen molar-refractivity contribution in [2.45, 2.75) is 12.8 Å². The fourth-order valence-electron chi connectivity index (χ4n) is 1.93. The van der Waals surface area contributed by atoms with Gasteiger partial charge in [-0.05, 0) is 25.0 Å². The molecule has 1 aliphatic rings. The number of imidazole rings is 1. The molecule has 0 radical (unpaired) electrons.